The molecule has 0 aliphatic rings. The summed E-state index contributed by atoms with van der Waals surface area (Å²) in [6, 6.07) is 4.47. The minimum atomic E-state index is -0.608. The summed E-state index contributed by atoms with van der Waals surface area (Å²) >= 11 is 9.25. The largest absolute Gasteiger partial charge is 0.464 e. The Hall–Kier alpha value is -1.33. The summed E-state index contributed by atoms with van der Waals surface area (Å²) < 4.78 is 5.24. The fourth-order valence-electron chi connectivity index (χ4n) is 1.49. The van der Waals surface area contributed by atoms with Crippen molar-refractivity contribution in [2.75, 3.05) is 7.11 Å². The van der Waals surface area contributed by atoms with Crippen LogP contribution in [0.3, 0.4) is 0 Å². The highest BCUT2D eigenvalue weighted by Gasteiger charge is 2.12. The van der Waals surface area contributed by atoms with Crippen LogP contribution in [0, 0.1) is 0 Å². The van der Waals surface area contributed by atoms with Crippen LogP contribution >= 0.6 is 27.5 Å². The van der Waals surface area contributed by atoms with Gasteiger partial charge >= 0.3 is 5.97 Å². The first-order chi connectivity index (χ1) is 8.02. The molecule has 0 aliphatic carbocycles. The second-order valence-corrected chi connectivity index (χ2v) is 4.67. The van der Waals surface area contributed by atoms with E-state index in [4.69, 9.17) is 11.6 Å². The number of carbonyl (C=O) groups excluding carboxylic acids is 1. The molecule has 1 aromatic carbocycles. The van der Waals surface area contributed by atoms with E-state index < -0.39 is 5.97 Å². The van der Waals surface area contributed by atoms with E-state index >= 15 is 0 Å². The molecule has 1 aromatic heterocycles. The van der Waals surface area contributed by atoms with Crippen LogP contribution in [0.2, 0.25) is 5.02 Å². The number of rotatable bonds is 1. The number of aromatic nitrogens is 1. The summed E-state index contributed by atoms with van der Waals surface area (Å²) in [5.41, 5.74) is 0.208. The highest BCUT2D eigenvalue weighted by atomic mass is 79.9. The van der Waals surface area contributed by atoms with Crippen molar-refractivity contribution in [3.05, 3.63) is 43.6 Å². The lowest BCUT2D eigenvalue weighted by Gasteiger charge is -2.04. The van der Waals surface area contributed by atoms with Crippen molar-refractivity contribution in [3.63, 3.8) is 0 Å². The van der Waals surface area contributed by atoms with Gasteiger partial charge in [0.05, 0.1) is 17.6 Å². The van der Waals surface area contributed by atoms with E-state index in [2.05, 4.69) is 25.7 Å². The molecular weight excluding hydrogens is 309 g/mol. The third-order valence-corrected chi connectivity index (χ3v) is 3.02. The maximum atomic E-state index is 11.8. The van der Waals surface area contributed by atoms with Gasteiger partial charge in [-0.25, -0.2) is 4.79 Å². The van der Waals surface area contributed by atoms with E-state index in [0.717, 1.165) is 0 Å². The third-order valence-electron chi connectivity index (χ3n) is 2.26. The number of H-pyrrole nitrogens is 1. The molecule has 2 rings (SSSR count). The van der Waals surface area contributed by atoms with Gasteiger partial charge in [0.15, 0.2) is 5.43 Å². The van der Waals surface area contributed by atoms with E-state index in [9.17, 15) is 9.59 Å². The Bertz CT molecular complexity index is 666. The number of carbonyl (C=O) groups is 1. The van der Waals surface area contributed by atoms with Gasteiger partial charge in [0, 0.05) is 15.9 Å². The number of hydrogen-bond acceptors (Lipinski definition) is 3. The van der Waals surface area contributed by atoms with Gasteiger partial charge in [0.1, 0.15) is 5.69 Å². The normalized spacial score (nSPS) is 10.5. The number of methoxy groups -OCH3 is 1. The molecule has 1 N–H and O–H groups in total. The Labute approximate surface area is 110 Å². The number of halogens is 2. The molecule has 6 heteroatoms. The highest BCUT2D eigenvalue weighted by Crippen LogP contribution is 2.25. The molecule has 0 bridgehead atoms. The fourth-order valence-corrected chi connectivity index (χ4v) is 2.35. The zero-order valence-corrected chi connectivity index (χ0v) is 11.1. The summed E-state index contributed by atoms with van der Waals surface area (Å²) in [6.45, 7) is 0. The predicted octanol–water partition coefficient (Wildman–Crippen LogP) is 2.73. The van der Waals surface area contributed by atoms with Crippen LogP contribution in [-0.4, -0.2) is 18.1 Å². The van der Waals surface area contributed by atoms with Crippen molar-refractivity contribution < 1.29 is 9.53 Å². The smallest absolute Gasteiger partial charge is 0.354 e. The van der Waals surface area contributed by atoms with Crippen molar-refractivity contribution in [1.82, 2.24) is 4.98 Å². The van der Waals surface area contributed by atoms with Gasteiger partial charge in [-0.1, -0.05) is 27.5 Å². The molecule has 0 fully saturated rings. The van der Waals surface area contributed by atoms with Crippen molar-refractivity contribution in [2.24, 2.45) is 0 Å². The van der Waals surface area contributed by atoms with Crippen molar-refractivity contribution in [1.29, 1.82) is 0 Å². The first-order valence-corrected chi connectivity index (χ1v) is 5.80. The number of fused-ring (bicyclic) bond motifs is 1. The van der Waals surface area contributed by atoms with Gasteiger partial charge in [-0.3, -0.25) is 4.79 Å². The fraction of sp³-hybridized carbons (Fsp3) is 0.0909. The van der Waals surface area contributed by atoms with Gasteiger partial charge in [-0.15, -0.1) is 0 Å². The second-order valence-electron chi connectivity index (χ2n) is 3.35. The van der Waals surface area contributed by atoms with Crippen molar-refractivity contribution in [3.8, 4) is 0 Å². The summed E-state index contributed by atoms with van der Waals surface area (Å²) in [4.78, 5) is 25.9. The van der Waals surface area contributed by atoms with Crippen LogP contribution in [0.1, 0.15) is 10.5 Å². The van der Waals surface area contributed by atoms with Crippen molar-refractivity contribution >= 4 is 44.4 Å². The van der Waals surface area contributed by atoms with Crippen LogP contribution in [0.5, 0.6) is 0 Å². The molecule has 0 aliphatic heterocycles. The Morgan fingerprint density at radius 1 is 1.41 bits per heavy atom. The molecule has 0 saturated heterocycles. The summed E-state index contributed by atoms with van der Waals surface area (Å²) in [5.74, 6) is -0.608. The summed E-state index contributed by atoms with van der Waals surface area (Å²) in [6.07, 6.45) is 0. The van der Waals surface area contributed by atoms with Crippen LogP contribution in [-0.2, 0) is 4.74 Å². The Morgan fingerprint density at radius 2 is 2.12 bits per heavy atom. The van der Waals surface area contributed by atoms with Crippen LogP contribution < -0.4 is 5.43 Å². The van der Waals surface area contributed by atoms with E-state index in [1.807, 2.05) is 0 Å². The van der Waals surface area contributed by atoms with Gasteiger partial charge in [0.25, 0.3) is 0 Å². The number of pyridine rings is 1. The maximum absolute atomic E-state index is 11.8. The molecular formula is C11H7BrClNO3. The maximum Gasteiger partial charge on any atom is 0.354 e. The highest BCUT2D eigenvalue weighted by molar-refractivity contribution is 9.10. The van der Waals surface area contributed by atoms with Crippen LogP contribution in [0.4, 0.5) is 0 Å². The van der Waals surface area contributed by atoms with E-state index in [0.29, 0.717) is 20.4 Å². The zero-order chi connectivity index (χ0) is 12.6. The SMILES string of the molecule is COC(=O)c1cc(=O)c2cc(Br)cc(Cl)c2[nH]1. The molecule has 0 unspecified atom stereocenters. The number of aromatic amines is 1. The van der Waals surface area contributed by atoms with Crippen molar-refractivity contribution in [2.45, 2.75) is 0 Å². The lowest BCUT2D eigenvalue weighted by atomic mass is 10.2. The molecule has 2 aromatic rings. The number of esters is 1. The molecule has 0 amide bonds. The molecule has 0 atom stereocenters. The Balaban J connectivity index is 2.82. The molecule has 17 heavy (non-hydrogen) atoms. The Morgan fingerprint density at radius 3 is 2.76 bits per heavy atom. The lowest BCUT2D eigenvalue weighted by Crippen LogP contribution is -2.11. The van der Waals surface area contributed by atoms with Crippen LogP contribution in [0.25, 0.3) is 10.9 Å². The van der Waals surface area contributed by atoms with Crippen LogP contribution in [0.15, 0.2) is 27.5 Å². The summed E-state index contributed by atoms with van der Waals surface area (Å²) in [5, 5.41) is 0.772. The average molecular weight is 317 g/mol. The summed E-state index contributed by atoms with van der Waals surface area (Å²) in [7, 11) is 1.24. The number of ether oxygens (including phenoxy) is 1. The second kappa shape index (κ2) is 4.50. The molecule has 88 valence electrons. The third kappa shape index (κ3) is 2.21. The first-order valence-electron chi connectivity index (χ1n) is 4.63. The molecule has 4 nitrogen and oxygen atoms in total. The molecule has 0 radical (unpaired) electrons. The monoisotopic (exact) mass is 315 g/mol. The predicted molar refractivity (Wildman–Crippen MR) is 68.6 cm³/mol. The quantitative estimate of drug-likeness (QED) is 0.823. The van der Waals surface area contributed by atoms with E-state index in [1.165, 1.54) is 13.2 Å². The minimum absolute atomic E-state index is 0.0780. The standard InChI is InChI=1S/C11H7BrClNO3/c1-17-11(16)8-4-9(15)6-2-5(12)3-7(13)10(6)14-8/h2-4H,1H3,(H,14,15). The van der Waals surface area contributed by atoms with Gasteiger partial charge in [0.2, 0.25) is 0 Å². The lowest BCUT2D eigenvalue weighted by molar-refractivity contribution is 0.0594. The molecule has 1 heterocycles. The van der Waals surface area contributed by atoms with E-state index in [1.54, 1.807) is 12.1 Å². The van der Waals surface area contributed by atoms with Gasteiger partial charge in [-0.2, -0.15) is 0 Å². The molecule has 0 spiro atoms. The van der Waals surface area contributed by atoms with Gasteiger partial charge in [-0.05, 0) is 12.1 Å². The number of nitrogens with one attached hydrogen (secondary N) is 1. The minimum Gasteiger partial charge on any atom is -0.464 e. The average Bonchev–Trinajstić information content (AvgIpc) is 2.29. The molecule has 0 saturated carbocycles. The topological polar surface area (TPSA) is 59.2 Å². The zero-order valence-electron chi connectivity index (χ0n) is 8.71. The Kier molecular flexibility index (Phi) is 3.22. The first kappa shape index (κ1) is 12.1. The number of hydrogen-bond donors (Lipinski definition) is 1. The van der Waals surface area contributed by atoms with Gasteiger partial charge < -0.3 is 9.72 Å². The number of benzene rings is 1. The van der Waals surface area contributed by atoms with E-state index in [-0.39, 0.29) is 11.1 Å².